The first kappa shape index (κ1) is 11.7. The van der Waals surface area contributed by atoms with E-state index >= 15 is 0 Å². The second-order valence-electron chi connectivity index (χ2n) is 3.44. The molecule has 0 radical (unpaired) electrons. The maximum Gasteiger partial charge on any atom is 0.282 e. The van der Waals surface area contributed by atoms with Crippen LogP contribution < -0.4 is 10.9 Å². The van der Waals surface area contributed by atoms with Crippen LogP contribution in [0.25, 0.3) is 0 Å². The molecule has 1 atom stereocenters. The SMILES string of the molecule is CC(Nc1cnn(C)c(=O)c1Br)c1nn[nH]n1. The van der Waals surface area contributed by atoms with Gasteiger partial charge in [-0.25, -0.2) is 4.68 Å². The Balaban J connectivity index is 2.25. The fourth-order valence-electron chi connectivity index (χ4n) is 1.26. The van der Waals surface area contributed by atoms with E-state index in [2.05, 4.69) is 47.0 Å². The molecule has 2 heterocycles. The van der Waals surface area contributed by atoms with Crippen molar-refractivity contribution in [3.8, 4) is 0 Å². The van der Waals surface area contributed by atoms with Crippen molar-refractivity contribution < 1.29 is 0 Å². The predicted octanol–water partition coefficient (Wildman–Crippen LogP) is 0.229. The lowest BCUT2D eigenvalue weighted by Crippen LogP contribution is -2.22. The normalized spacial score (nSPS) is 12.4. The molecule has 0 fully saturated rings. The van der Waals surface area contributed by atoms with Gasteiger partial charge < -0.3 is 5.32 Å². The first-order valence-electron chi connectivity index (χ1n) is 4.81. The molecule has 8 nitrogen and oxygen atoms in total. The highest BCUT2D eigenvalue weighted by Crippen LogP contribution is 2.20. The highest BCUT2D eigenvalue weighted by molar-refractivity contribution is 9.10. The van der Waals surface area contributed by atoms with Crippen LogP contribution in [0.5, 0.6) is 0 Å². The van der Waals surface area contributed by atoms with Crippen LogP contribution in [0.2, 0.25) is 0 Å². The van der Waals surface area contributed by atoms with Crippen LogP contribution >= 0.6 is 15.9 Å². The maximum atomic E-state index is 11.6. The number of aryl methyl sites for hydroxylation is 1. The van der Waals surface area contributed by atoms with Crippen molar-refractivity contribution in [3.05, 3.63) is 26.8 Å². The molecule has 90 valence electrons. The molecule has 0 aliphatic rings. The number of hydrogen-bond donors (Lipinski definition) is 2. The van der Waals surface area contributed by atoms with E-state index in [4.69, 9.17) is 0 Å². The third kappa shape index (κ3) is 2.33. The largest absolute Gasteiger partial charge is 0.373 e. The first-order valence-corrected chi connectivity index (χ1v) is 5.60. The third-order valence-electron chi connectivity index (χ3n) is 2.20. The zero-order valence-corrected chi connectivity index (χ0v) is 10.8. The lowest BCUT2D eigenvalue weighted by molar-refractivity contribution is 0.699. The molecule has 0 aliphatic carbocycles. The number of rotatable bonds is 3. The minimum atomic E-state index is -0.213. The molecule has 0 spiro atoms. The number of nitrogens with zero attached hydrogens (tertiary/aromatic N) is 5. The highest BCUT2D eigenvalue weighted by atomic mass is 79.9. The minimum absolute atomic E-state index is 0.182. The molecule has 2 aromatic rings. The van der Waals surface area contributed by atoms with Gasteiger partial charge in [-0.05, 0) is 22.9 Å². The van der Waals surface area contributed by atoms with E-state index in [-0.39, 0.29) is 11.6 Å². The standard InChI is InChI=1S/C8H10BrN7O/c1-4(7-12-14-15-13-7)11-5-3-10-16(2)8(17)6(5)9/h3-4,11H,1-2H3,(H,12,13,14,15). The molecule has 2 aromatic heterocycles. The molecule has 2 N–H and O–H groups in total. The zero-order chi connectivity index (χ0) is 12.4. The summed E-state index contributed by atoms with van der Waals surface area (Å²) in [5.74, 6) is 0.512. The predicted molar refractivity (Wildman–Crippen MR) is 63.4 cm³/mol. The summed E-state index contributed by atoms with van der Waals surface area (Å²) in [6.45, 7) is 1.86. The molecule has 17 heavy (non-hydrogen) atoms. The van der Waals surface area contributed by atoms with Crippen molar-refractivity contribution in [2.75, 3.05) is 5.32 Å². The smallest absolute Gasteiger partial charge is 0.282 e. The molecule has 2 rings (SSSR count). The van der Waals surface area contributed by atoms with Gasteiger partial charge in [0.25, 0.3) is 5.56 Å². The van der Waals surface area contributed by atoms with Gasteiger partial charge >= 0.3 is 0 Å². The molecule has 0 saturated heterocycles. The van der Waals surface area contributed by atoms with Gasteiger partial charge in [0.2, 0.25) is 0 Å². The molecule has 0 bridgehead atoms. The van der Waals surface area contributed by atoms with Gasteiger partial charge in [-0.3, -0.25) is 4.79 Å². The number of anilines is 1. The Bertz CT molecular complexity index is 564. The Labute approximate surface area is 105 Å². The number of nitrogens with one attached hydrogen (secondary N) is 2. The van der Waals surface area contributed by atoms with E-state index in [0.29, 0.717) is 16.0 Å². The van der Waals surface area contributed by atoms with Gasteiger partial charge in [0.1, 0.15) is 4.47 Å². The van der Waals surface area contributed by atoms with Crippen molar-refractivity contribution in [2.24, 2.45) is 7.05 Å². The summed E-state index contributed by atoms with van der Waals surface area (Å²) in [5.41, 5.74) is 0.376. The van der Waals surface area contributed by atoms with Gasteiger partial charge in [0.05, 0.1) is 17.9 Å². The average Bonchev–Trinajstić information content (AvgIpc) is 2.83. The number of tetrazole rings is 1. The second-order valence-corrected chi connectivity index (χ2v) is 4.23. The Hall–Kier alpha value is -1.77. The molecule has 0 aromatic carbocycles. The van der Waals surface area contributed by atoms with Crippen LogP contribution in [-0.4, -0.2) is 30.4 Å². The van der Waals surface area contributed by atoms with E-state index in [0.717, 1.165) is 0 Å². The van der Waals surface area contributed by atoms with Crippen molar-refractivity contribution in [1.29, 1.82) is 0 Å². The number of hydrogen-bond acceptors (Lipinski definition) is 6. The summed E-state index contributed by atoms with van der Waals surface area (Å²) in [5, 5.41) is 20.5. The second kappa shape index (κ2) is 4.62. The van der Waals surface area contributed by atoms with E-state index in [1.807, 2.05) is 6.92 Å². The summed E-state index contributed by atoms with van der Waals surface area (Å²) >= 11 is 3.22. The summed E-state index contributed by atoms with van der Waals surface area (Å²) in [7, 11) is 1.58. The molecule has 0 amide bonds. The van der Waals surface area contributed by atoms with Crippen LogP contribution in [0.1, 0.15) is 18.8 Å². The fourth-order valence-corrected chi connectivity index (χ4v) is 1.74. The number of aromatic amines is 1. The van der Waals surface area contributed by atoms with Gasteiger partial charge in [-0.1, -0.05) is 5.21 Å². The summed E-state index contributed by atoms with van der Waals surface area (Å²) in [6.07, 6.45) is 1.56. The maximum absolute atomic E-state index is 11.6. The molecule has 0 saturated carbocycles. The minimum Gasteiger partial charge on any atom is -0.373 e. The lowest BCUT2D eigenvalue weighted by Gasteiger charge is -2.12. The van der Waals surface area contributed by atoms with Crippen LogP contribution in [0, 0.1) is 0 Å². The summed E-state index contributed by atoms with van der Waals surface area (Å²) < 4.78 is 1.67. The lowest BCUT2D eigenvalue weighted by atomic mass is 10.3. The van der Waals surface area contributed by atoms with Gasteiger partial charge in [-0.15, -0.1) is 10.2 Å². The average molecular weight is 300 g/mol. The molecular formula is C8H10BrN7O. The number of aromatic nitrogens is 6. The van der Waals surface area contributed by atoms with Crippen molar-refractivity contribution in [2.45, 2.75) is 13.0 Å². The first-order chi connectivity index (χ1) is 8.09. The van der Waals surface area contributed by atoms with Crippen molar-refractivity contribution >= 4 is 21.6 Å². The molecular weight excluding hydrogens is 290 g/mol. The molecule has 9 heteroatoms. The third-order valence-corrected chi connectivity index (χ3v) is 2.97. The van der Waals surface area contributed by atoms with Crippen LogP contribution in [0.3, 0.4) is 0 Å². The summed E-state index contributed by atoms with van der Waals surface area (Å²) in [4.78, 5) is 11.6. The quantitative estimate of drug-likeness (QED) is 0.841. The summed E-state index contributed by atoms with van der Waals surface area (Å²) in [6, 6.07) is -0.182. The number of halogens is 1. The van der Waals surface area contributed by atoms with Crippen molar-refractivity contribution in [3.63, 3.8) is 0 Å². The van der Waals surface area contributed by atoms with E-state index in [1.165, 1.54) is 4.68 Å². The monoisotopic (exact) mass is 299 g/mol. The Kier molecular flexibility index (Phi) is 3.18. The van der Waals surface area contributed by atoms with Crippen LogP contribution in [0.15, 0.2) is 15.5 Å². The zero-order valence-electron chi connectivity index (χ0n) is 9.18. The molecule has 0 aliphatic heterocycles. The van der Waals surface area contributed by atoms with E-state index in [9.17, 15) is 4.79 Å². The van der Waals surface area contributed by atoms with E-state index < -0.39 is 0 Å². The van der Waals surface area contributed by atoms with Gasteiger partial charge in [-0.2, -0.15) is 10.3 Å². The van der Waals surface area contributed by atoms with Crippen molar-refractivity contribution in [1.82, 2.24) is 30.4 Å². The van der Waals surface area contributed by atoms with Crippen LogP contribution in [-0.2, 0) is 7.05 Å². The number of H-pyrrole nitrogens is 1. The van der Waals surface area contributed by atoms with Gasteiger partial charge in [0, 0.05) is 7.05 Å². The fraction of sp³-hybridized carbons (Fsp3) is 0.375. The highest BCUT2D eigenvalue weighted by Gasteiger charge is 2.13. The van der Waals surface area contributed by atoms with E-state index in [1.54, 1.807) is 13.2 Å². The Morgan fingerprint density at radius 3 is 3.00 bits per heavy atom. The Morgan fingerprint density at radius 2 is 2.35 bits per heavy atom. The topological polar surface area (TPSA) is 101 Å². The van der Waals surface area contributed by atoms with Crippen LogP contribution in [0.4, 0.5) is 5.69 Å². The molecule has 1 unspecified atom stereocenters. The Morgan fingerprint density at radius 1 is 1.59 bits per heavy atom. The van der Waals surface area contributed by atoms with Gasteiger partial charge in [0.15, 0.2) is 5.82 Å².